The number of benzene rings is 2. The van der Waals surface area contributed by atoms with Crippen LogP contribution in [0.25, 0.3) is 11.1 Å². The molecule has 0 atom stereocenters. The maximum Gasteiger partial charge on any atom is 0.0359 e. The number of fused-ring (bicyclic) bond motifs is 3. The van der Waals surface area contributed by atoms with Gasteiger partial charge < -0.3 is 5.73 Å². The van der Waals surface area contributed by atoms with Gasteiger partial charge >= 0.3 is 0 Å². The second-order valence-corrected chi connectivity index (χ2v) is 3.54. The third-order valence-corrected chi connectivity index (χ3v) is 2.69. The lowest BCUT2D eigenvalue weighted by molar-refractivity contribution is 1.54. The summed E-state index contributed by atoms with van der Waals surface area (Å²) in [7, 11) is 0. The van der Waals surface area contributed by atoms with Gasteiger partial charge in [0, 0.05) is 12.1 Å². The average molecular weight is 180 g/mol. The zero-order chi connectivity index (χ0) is 9.54. The summed E-state index contributed by atoms with van der Waals surface area (Å²) in [5, 5.41) is 0. The molecule has 0 saturated heterocycles. The van der Waals surface area contributed by atoms with Crippen LogP contribution in [-0.4, -0.2) is 0 Å². The Labute approximate surface area is 83.2 Å². The van der Waals surface area contributed by atoms with E-state index in [1.807, 2.05) is 12.1 Å². The highest BCUT2D eigenvalue weighted by Gasteiger charge is 2.19. The zero-order valence-corrected chi connectivity index (χ0v) is 7.70. The van der Waals surface area contributed by atoms with E-state index in [4.69, 9.17) is 5.73 Å². The highest BCUT2D eigenvalue weighted by molar-refractivity contribution is 5.85. The Bertz CT molecular complexity index is 500. The molecule has 1 radical (unpaired) electrons. The Morgan fingerprint density at radius 3 is 2.50 bits per heavy atom. The summed E-state index contributed by atoms with van der Waals surface area (Å²) in [5.74, 6) is 0. The number of hydrogen-bond donors (Lipinski definition) is 1. The van der Waals surface area contributed by atoms with Gasteiger partial charge in [0.25, 0.3) is 0 Å². The van der Waals surface area contributed by atoms with E-state index in [9.17, 15) is 0 Å². The molecule has 0 aliphatic heterocycles. The Morgan fingerprint density at radius 2 is 1.57 bits per heavy atom. The summed E-state index contributed by atoms with van der Waals surface area (Å²) >= 11 is 0. The molecule has 67 valence electrons. The van der Waals surface area contributed by atoms with Crippen molar-refractivity contribution in [2.75, 3.05) is 5.73 Å². The quantitative estimate of drug-likeness (QED) is 0.529. The van der Waals surface area contributed by atoms with Gasteiger partial charge in [-0.05, 0) is 28.3 Å². The molecule has 0 unspecified atom stereocenters. The Hall–Kier alpha value is -1.76. The molecule has 0 amide bonds. The van der Waals surface area contributed by atoms with E-state index < -0.39 is 0 Å². The smallest absolute Gasteiger partial charge is 0.0359 e. The van der Waals surface area contributed by atoms with Crippen LogP contribution in [0.15, 0.2) is 42.5 Å². The predicted octanol–water partition coefficient (Wildman–Crippen LogP) is 2.85. The maximum atomic E-state index is 5.92. The molecule has 1 heteroatoms. The van der Waals surface area contributed by atoms with Gasteiger partial charge in [0.05, 0.1) is 0 Å². The van der Waals surface area contributed by atoms with E-state index in [0.29, 0.717) is 0 Å². The molecular weight excluding hydrogens is 170 g/mol. The van der Waals surface area contributed by atoms with Gasteiger partial charge in [0.1, 0.15) is 0 Å². The third kappa shape index (κ3) is 0.896. The van der Waals surface area contributed by atoms with Crippen LogP contribution in [0.2, 0.25) is 0 Å². The molecule has 2 N–H and O–H groups in total. The molecule has 3 rings (SSSR count). The van der Waals surface area contributed by atoms with Gasteiger partial charge in [0.2, 0.25) is 0 Å². The molecule has 0 bridgehead atoms. The van der Waals surface area contributed by atoms with Crippen molar-refractivity contribution in [3.05, 3.63) is 60.0 Å². The van der Waals surface area contributed by atoms with Crippen LogP contribution in [0.5, 0.6) is 0 Å². The lowest BCUT2D eigenvalue weighted by Gasteiger charge is -2.02. The van der Waals surface area contributed by atoms with E-state index >= 15 is 0 Å². The van der Waals surface area contributed by atoms with Gasteiger partial charge in [0.15, 0.2) is 0 Å². The fourth-order valence-electron chi connectivity index (χ4n) is 2.00. The van der Waals surface area contributed by atoms with E-state index in [0.717, 1.165) is 11.3 Å². The number of nitrogens with two attached hydrogens (primary N) is 1. The molecule has 0 saturated carbocycles. The van der Waals surface area contributed by atoms with Gasteiger partial charge in [-0.2, -0.15) is 0 Å². The van der Waals surface area contributed by atoms with Crippen molar-refractivity contribution in [1.82, 2.24) is 0 Å². The van der Waals surface area contributed by atoms with Crippen molar-refractivity contribution >= 4 is 5.69 Å². The third-order valence-electron chi connectivity index (χ3n) is 2.69. The van der Waals surface area contributed by atoms with Crippen molar-refractivity contribution in [3.63, 3.8) is 0 Å². The van der Waals surface area contributed by atoms with Crippen LogP contribution >= 0.6 is 0 Å². The Morgan fingerprint density at radius 1 is 0.786 bits per heavy atom. The monoisotopic (exact) mass is 180 g/mol. The van der Waals surface area contributed by atoms with Crippen molar-refractivity contribution in [2.24, 2.45) is 0 Å². The minimum atomic E-state index is 0.860. The first-order chi connectivity index (χ1) is 6.86. The highest BCUT2D eigenvalue weighted by Crippen LogP contribution is 2.40. The van der Waals surface area contributed by atoms with Gasteiger partial charge in [-0.25, -0.2) is 0 Å². The molecule has 1 nitrogen and oxygen atoms in total. The fraction of sp³-hybridized carbons (Fsp3) is 0. The summed E-state index contributed by atoms with van der Waals surface area (Å²) in [5.41, 5.74) is 11.7. The van der Waals surface area contributed by atoms with Crippen LogP contribution in [-0.2, 0) is 0 Å². The first-order valence-corrected chi connectivity index (χ1v) is 4.69. The minimum Gasteiger partial charge on any atom is -0.398 e. The minimum absolute atomic E-state index is 0.860. The Balaban J connectivity index is 2.33. The second-order valence-electron chi connectivity index (χ2n) is 3.54. The molecule has 2 aromatic rings. The van der Waals surface area contributed by atoms with Crippen LogP contribution in [0.4, 0.5) is 5.69 Å². The van der Waals surface area contributed by atoms with E-state index in [1.165, 1.54) is 16.7 Å². The largest absolute Gasteiger partial charge is 0.398 e. The van der Waals surface area contributed by atoms with Crippen LogP contribution in [0.3, 0.4) is 0 Å². The molecule has 0 spiro atoms. The molecule has 2 aromatic carbocycles. The molecule has 0 aromatic heterocycles. The first kappa shape index (κ1) is 7.63. The van der Waals surface area contributed by atoms with Crippen molar-refractivity contribution in [1.29, 1.82) is 0 Å². The molecule has 14 heavy (non-hydrogen) atoms. The van der Waals surface area contributed by atoms with E-state index in [1.54, 1.807) is 0 Å². The molecule has 0 heterocycles. The summed E-state index contributed by atoms with van der Waals surface area (Å²) in [6.45, 7) is 0. The predicted molar refractivity (Wildman–Crippen MR) is 58.8 cm³/mol. The number of hydrogen-bond acceptors (Lipinski definition) is 1. The lowest BCUT2D eigenvalue weighted by Crippen LogP contribution is -1.90. The van der Waals surface area contributed by atoms with Crippen LogP contribution < -0.4 is 5.73 Å². The fourth-order valence-corrected chi connectivity index (χ4v) is 2.00. The van der Waals surface area contributed by atoms with Crippen LogP contribution in [0, 0.1) is 6.42 Å². The van der Waals surface area contributed by atoms with Crippen molar-refractivity contribution < 1.29 is 0 Å². The number of anilines is 1. The first-order valence-electron chi connectivity index (χ1n) is 4.69. The number of nitrogen functional groups attached to an aromatic ring is 1. The summed E-state index contributed by atoms with van der Waals surface area (Å²) in [6, 6.07) is 14.4. The standard InChI is InChI=1S/C13H10N/c14-13-7-3-6-11-10-5-2-1-4-9(10)8-12(11)13/h1-8H,14H2. The normalized spacial score (nSPS) is 12.3. The summed E-state index contributed by atoms with van der Waals surface area (Å²) < 4.78 is 0. The van der Waals surface area contributed by atoms with E-state index in [2.05, 4.69) is 36.8 Å². The highest BCUT2D eigenvalue weighted by atomic mass is 14.6. The zero-order valence-electron chi connectivity index (χ0n) is 7.70. The van der Waals surface area contributed by atoms with Crippen molar-refractivity contribution in [3.8, 4) is 11.1 Å². The summed E-state index contributed by atoms with van der Waals surface area (Å²) in [6.07, 6.45) is 2.15. The molecule has 1 aliphatic carbocycles. The molecular formula is C13H10N. The maximum absolute atomic E-state index is 5.92. The Kier molecular flexibility index (Phi) is 1.42. The van der Waals surface area contributed by atoms with Gasteiger partial charge in [-0.3, -0.25) is 0 Å². The van der Waals surface area contributed by atoms with E-state index in [-0.39, 0.29) is 0 Å². The van der Waals surface area contributed by atoms with Crippen molar-refractivity contribution in [2.45, 2.75) is 0 Å². The molecule has 1 aliphatic rings. The van der Waals surface area contributed by atoms with Crippen LogP contribution in [0.1, 0.15) is 11.1 Å². The summed E-state index contributed by atoms with van der Waals surface area (Å²) in [4.78, 5) is 0. The topological polar surface area (TPSA) is 26.0 Å². The second kappa shape index (κ2) is 2.61. The van der Waals surface area contributed by atoms with Gasteiger partial charge in [-0.15, -0.1) is 0 Å². The number of rotatable bonds is 0. The SMILES string of the molecule is Nc1cccc2c1[CH]c1ccccc1-2. The lowest BCUT2D eigenvalue weighted by atomic mass is 10.1. The average Bonchev–Trinajstić information content (AvgIpc) is 2.59. The molecule has 0 fully saturated rings. The van der Waals surface area contributed by atoms with Gasteiger partial charge in [-0.1, -0.05) is 36.4 Å².